The highest BCUT2D eigenvalue weighted by Crippen LogP contribution is 2.23. The largest absolute Gasteiger partial charge is 0.497 e. The molecule has 0 aliphatic heterocycles. The number of amidine groups is 1. The highest BCUT2D eigenvalue weighted by Gasteiger charge is 2.17. The lowest BCUT2D eigenvalue weighted by Crippen LogP contribution is -2.19. The number of aromatic nitrogens is 2. The molecule has 150 valence electrons. The van der Waals surface area contributed by atoms with Crippen molar-refractivity contribution in [1.29, 1.82) is 0 Å². The molecule has 0 aliphatic carbocycles. The Kier molecular flexibility index (Phi) is 6.55. The summed E-state index contributed by atoms with van der Waals surface area (Å²) >= 11 is 3.08. The smallest absolute Gasteiger partial charge is 0.226 e. The van der Waals surface area contributed by atoms with Crippen LogP contribution in [0.2, 0.25) is 0 Å². The summed E-state index contributed by atoms with van der Waals surface area (Å²) in [5.74, 6) is 0.0370. The number of aryl methyl sites for hydroxylation is 1. The number of aliphatic imine (C=N–C) groups is 1. The number of hydrogen-bond donors (Lipinski definition) is 2. The van der Waals surface area contributed by atoms with Crippen LogP contribution >= 0.6 is 15.9 Å². The van der Waals surface area contributed by atoms with Gasteiger partial charge >= 0.3 is 0 Å². The van der Waals surface area contributed by atoms with E-state index in [1.54, 1.807) is 7.11 Å². The Hall–Kier alpha value is -3.27. The number of carbonyl (C=O) groups is 1. The number of nitrogens with two attached hydrogens (primary N) is 1. The van der Waals surface area contributed by atoms with E-state index in [1.165, 1.54) is 18.2 Å². The maximum Gasteiger partial charge on any atom is 0.226 e. The highest BCUT2D eigenvalue weighted by atomic mass is 79.9. The predicted molar refractivity (Wildman–Crippen MR) is 109 cm³/mol. The summed E-state index contributed by atoms with van der Waals surface area (Å²) in [5.41, 5.74) is 7.39. The zero-order valence-electron chi connectivity index (χ0n) is 15.4. The van der Waals surface area contributed by atoms with Crippen molar-refractivity contribution in [2.45, 2.75) is 12.8 Å². The molecule has 1 heterocycles. The van der Waals surface area contributed by atoms with Gasteiger partial charge in [-0.2, -0.15) is 0 Å². The number of nitrogens with zero attached hydrogens (tertiary/aromatic N) is 3. The second-order valence-electron chi connectivity index (χ2n) is 5.96. The van der Waals surface area contributed by atoms with E-state index in [1.807, 2.05) is 24.3 Å². The zero-order chi connectivity index (χ0) is 20.8. The summed E-state index contributed by atoms with van der Waals surface area (Å²) in [6.45, 7) is 0. The normalized spacial score (nSPS) is 11.3. The molecule has 0 saturated carbocycles. The third-order valence-corrected chi connectivity index (χ3v) is 4.52. The molecule has 0 saturated heterocycles. The second kappa shape index (κ2) is 9.28. The fourth-order valence-corrected chi connectivity index (χ4v) is 2.83. The molecule has 3 aromatic rings. The first-order valence-electron chi connectivity index (χ1n) is 8.51. The van der Waals surface area contributed by atoms with E-state index in [-0.39, 0.29) is 34.1 Å². The molecular weight excluding hydrogens is 445 g/mol. The fourth-order valence-electron chi connectivity index (χ4n) is 2.47. The number of methoxy groups -OCH3 is 1. The maximum atomic E-state index is 13.3. The SMILES string of the molecule is COc1cccc(CCC(=O)Nc2nonc2C(N)=Nc2ccc(F)c(Br)c2)c1. The summed E-state index contributed by atoms with van der Waals surface area (Å²) in [6.07, 6.45) is 0.720. The topological polar surface area (TPSA) is 116 Å². The number of hydrogen-bond acceptors (Lipinski definition) is 6. The van der Waals surface area contributed by atoms with E-state index < -0.39 is 5.82 Å². The molecule has 0 bridgehead atoms. The molecule has 2 aromatic carbocycles. The van der Waals surface area contributed by atoms with Crippen molar-refractivity contribution in [2.24, 2.45) is 10.7 Å². The third kappa shape index (κ3) is 5.38. The van der Waals surface area contributed by atoms with Crippen molar-refractivity contribution < 1.29 is 18.6 Å². The standard InChI is InChI=1S/C19H17BrFN5O3/c1-28-13-4-2-3-11(9-13)5-8-16(27)24-19-17(25-29-26-19)18(22)23-12-6-7-15(21)14(20)10-12/h2-4,6-7,9-10H,5,8H2,1H3,(H2,22,23)(H,24,26,27). The molecule has 0 unspecified atom stereocenters. The summed E-state index contributed by atoms with van der Waals surface area (Å²) in [4.78, 5) is 16.4. The Morgan fingerprint density at radius 2 is 2.14 bits per heavy atom. The molecule has 29 heavy (non-hydrogen) atoms. The van der Waals surface area contributed by atoms with Crippen LogP contribution in [0.25, 0.3) is 0 Å². The van der Waals surface area contributed by atoms with E-state index in [2.05, 4.69) is 41.2 Å². The van der Waals surface area contributed by atoms with Gasteiger partial charge in [-0.25, -0.2) is 14.0 Å². The monoisotopic (exact) mass is 461 g/mol. The number of carbonyl (C=O) groups excluding carboxylic acids is 1. The van der Waals surface area contributed by atoms with Crippen molar-refractivity contribution in [2.75, 3.05) is 12.4 Å². The predicted octanol–water partition coefficient (Wildman–Crippen LogP) is 3.59. The number of rotatable bonds is 7. The van der Waals surface area contributed by atoms with Crippen LogP contribution in [0, 0.1) is 5.82 Å². The van der Waals surface area contributed by atoms with Gasteiger partial charge in [-0.1, -0.05) is 12.1 Å². The van der Waals surface area contributed by atoms with E-state index >= 15 is 0 Å². The number of halogens is 2. The number of amides is 1. The van der Waals surface area contributed by atoms with Crippen LogP contribution in [0.3, 0.4) is 0 Å². The van der Waals surface area contributed by atoms with Gasteiger partial charge in [-0.15, -0.1) is 0 Å². The molecule has 10 heteroatoms. The van der Waals surface area contributed by atoms with Gasteiger partial charge in [-0.05, 0) is 68.6 Å². The molecule has 3 N–H and O–H groups in total. The van der Waals surface area contributed by atoms with Crippen LogP contribution in [0.5, 0.6) is 5.75 Å². The average Bonchev–Trinajstić information content (AvgIpc) is 3.17. The van der Waals surface area contributed by atoms with Crippen LogP contribution in [0.15, 0.2) is 56.6 Å². The summed E-state index contributed by atoms with van der Waals surface area (Å²) in [6, 6.07) is 11.6. The third-order valence-electron chi connectivity index (χ3n) is 3.92. The van der Waals surface area contributed by atoms with Crippen molar-refractivity contribution in [1.82, 2.24) is 10.3 Å². The molecule has 0 aliphatic rings. The average molecular weight is 462 g/mol. The van der Waals surface area contributed by atoms with Crippen LogP contribution in [0.4, 0.5) is 15.9 Å². The minimum Gasteiger partial charge on any atom is -0.497 e. The van der Waals surface area contributed by atoms with E-state index in [0.29, 0.717) is 12.1 Å². The first-order valence-corrected chi connectivity index (χ1v) is 9.30. The molecule has 8 nitrogen and oxygen atoms in total. The maximum absolute atomic E-state index is 13.3. The van der Waals surface area contributed by atoms with E-state index in [9.17, 15) is 9.18 Å². The Morgan fingerprint density at radius 3 is 2.90 bits per heavy atom. The molecule has 0 radical (unpaired) electrons. The molecule has 0 atom stereocenters. The van der Waals surface area contributed by atoms with Crippen molar-refractivity contribution in [3.63, 3.8) is 0 Å². The van der Waals surface area contributed by atoms with Crippen LogP contribution in [0.1, 0.15) is 17.7 Å². The molecule has 1 aromatic heterocycles. The van der Waals surface area contributed by atoms with Gasteiger partial charge in [0.2, 0.25) is 11.7 Å². The molecular formula is C19H17BrFN5O3. The zero-order valence-corrected chi connectivity index (χ0v) is 16.9. The Balaban J connectivity index is 1.66. The highest BCUT2D eigenvalue weighted by molar-refractivity contribution is 9.10. The summed E-state index contributed by atoms with van der Waals surface area (Å²) in [7, 11) is 1.58. The van der Waals surface area contributed by atoms with Gasteiger partial charge in [0.15, 0.2) is 11.5 Å². The van der Waals surface area contributed by atoms with Crippen LogP contribution < -0.4 is 15.8 Å². The molecule has 0 fully saturated rings. The van der Waals surface area contributed by atoms with Gasteiger partial charge in [0.25, 0.3) is 0 Å². The Bertz CT molecular complexity index is 1050. The van der Waals surface area contributed by atoms with Gasteiger partial charge in [0, 0.05) is 6.42 Å². The van der Waals surface area contributed by atoms with Gasteiger partial charge < -0.3 is 15.8 Å². The molecule has 3 rings (SSSR count). The lowest BCUT2D eigenvalue weighted by molar-refractivity contribution is -0.116. The molecule has 0 spiro atoms. The van der Waals surface area contributed by atoms with Crippen LogP contribution in [-0.4, -0.2) is 29.2 Å². The Morgan fingerprint density at radius 1 is 1.31 bits per heavy atom. The number of anilines is 1. The minimum absolute atomic E-state index is 0.0344. The second-order valence-corrected chi connectivity index (χ2v) is 6.81. The fraction of sp³-hybridized carbons (Fsp3) is 0.158. The van der Waals surface area contributed by atoms with Gasteiger partial charge in [0.05, 0.1) is 17.3 Å². The van der Waals surface area contributed by atoms with E-state index in [4.69, 9.17) is 10.5 Å². The molecule has 1 amide bonds. The number of ether oxygens (including phenoxy) is 1. The quantitative estimate of drug-likeness (QED) is 0.410. The first kappa shape index (κ1) is 20.5. The number of nitrogens with one attached hydrogen (secondary N) is 1. The van der Waals surface area contributed by atoms with Crippen molar-refractivity contribution in [3.05, 3.63) is 64.0 Å². The van der Waals surface area contributed by atoms with Crippen LogP contribution in [-0.2, 0) is 11.2 Å². The summed E-state index contributed by atoms with van der Waals surface area (Å²) < 4.78 is 23.4. The lowest BCUT2D eigenvalue weighted by Gasteiger charge is -2.05. The Labute approximate surface area is 174 Å². The lowest BCUT2D eigenvalue weighted by atomic mass is 10.1. The summed E-state index contributed by atoms with van der Waals surface area (Å²) in [5, 5.41) is 9.96. The number of benzene rings is 2. The van der Waals surface area contributed by atoms with Gasteiger partial charge in [0.1, 0.15) is 11.6 Å². The van der Waals surface area contributed by atoms with E-state index in [0.717, 1.165) is 11.3 Å². The van der Waals surface area contributed by atoms with Gasteiger partial charge in [-0.3, -0.25) is 4.79 Å². The van der Waals surface area contributed by atoms with Crippen molar-refractivity contribution in [3.8, 4) is 5.75 Å². The van der Waals surface area contributed by atoms with Crippen molar-refractivity contribution >= 4 is 39.2 Å². The minimum atomic E-state index is -0.422. The first-order chi connectivity index (χ1) is 14.0.